The topological polar surface area (TPSA) is 102 Å². The third kappa shape index (κ3) is 4.50. The van der Waals surface area contributed by atoms with Gasteiger partial charge in [0.25, 0.3) is 11.6 Å². The second-order valence-electron chi connectivity index (χ2n) is 7.07. The molecule has 8 nitrogen and oxygen atoms in total. The standard InChI is InChI=1S/C18H23N3O5/c1-12-3-2-8-20(10-12)15-7-4-13(9-16(15)21(24)25)18(23)26-11-17(22)19-14-5-6-14/h4,7,9,12,14H,2-3,5-6,8,10-11H2,1H3,(H,19,22). The summed E-state index contributed by atoms with van der Waals surface area (Å²) in [5.74, 6) is -0.621. The monoisotopic (exact) mass is 361 g/mol. The van der Waals surface area contributed by atoms with E-state index in [1.54, 1.807) is 6.07 Å². The van der Waals surface area contributed by atoms with Gasteiger partial charge < -0.3 is 15.0 Å². The summed E-state index contributed by atoms with van der Waals surface area (Å²) in [5.41, 5.74) is 0.477. The van der Waals surface area contributed by atoms with E-state index < -0.39 is 10.9 Å². The first-order valence-corrected chi connectivity index (χ1v) is 8.94. The van der Waals surface area contributed by atoms with Gasteiger partial charge in [-0.05, 0) is 43.7 Å². The zero-order chi connectivity index (χ0) is 18.7. The molecule has 140 valence electrons. The maximum absolute atomic E-state index is 12.1. The number of nitro groups is 1. The summed E-state index contributed by atoms with van der Waals surface area (Å²) >= 11 is 0. The maximum Gasteiger partial charge on any atom is 0.338 e. The maximum atomic E-state index is 12.1. The minimum atomic E-state index is -0.738. The van der Waals surface area contributed by atoms with Crippen LogP contribution < -0.4 is 10.2 Å². The van der Waals surface area contributed by atoms with Crippen LogP contribution in [0.5, 0.6) is 0 Å². The Hall–Kier alpha value is -2.64. The molecule has 26 heavy (non-hydrogen) atoms. The molecule has 1 N–H and O–H groups in total. The van der Waals surface area contributed by atoms with Crippen LogP contribution in [0.25, 0.3) is 0 Å². The van der Waals surface area contributed by atoms with Crippen molar-refractivity contribution in [2.24, 2.45) is 5.92 Å². The molecule has 1 aliphatic heterocycles. The fourth-order valence-electron chi connectivity index (χ4n) is 3.18. The van der Waals surface area contributed by atoms with Crippen LogP contribution in [0.4, 0.5) is 11.4 Å². The molecule has 1 aromatic rings. The van der Waals surface area contributed by atoms with Gasteiger partial charge in [-0.3, -0.25) is 14.9 Å². The number of benzene rings is 1. The number of carbonyl (C=O) groups is 2. The van der Waals surface area contributed by atoms with Crippen LogP contribution in [-0.4, -0.2) is 42.5 Å². The van der Waals surface area contributed by atoms with E-state index in [-0.39, 0.29) is 29.8 Å². The van der Waals surface area contributed by atoms with E-state index in [2.05, 4.69) is 12.2 Å². The molecular formula is C18H23N3O5. The summed E-state index contributed by atoms with van der Waals surface area (Å²) in [7, 11) is 0. The highest BCUT2D eigenvalue weighted by molar-refractivity contribution is 5.93. The molecule has 8 heteroatoms. The summed E-state index contributed by atoms with van der Waals surface area (Å²) in [4.78, 5) is 36.7. The number of nitro benzene ring substituents is 1. The Morgan fingerprint density at radius 3 is 2.77 bits per heavy atom. The van der Waals surface area contributed by atoms with Crippen LogP contribution in [0, 0.1) is 16.0 Å². The van der Waals surface area contributed by atoms with Gasteiger partial charge >= 0.3 is 5.97 Å². The lowest BCUT2D eigenvalue weighted by molar-refractivity contribution is -0.384. The number of hydrogen-bond donors (Lipinski definition) is 1. The van der Waals surface area contributed by atoms with Crippen molar-refractivity contribution >= 4 is 23.3 Å². The van der Waals surface area contributed by atoms with Crippen LogP contribution in [0.3, 0.4) is 0 Å². The molecule has 1 heterocycles. The number of hydrogen-bond acceptors (Lipinski definition) is 6. The van der Waals surface area contributed by atoms with Gasteiger partial charge in [-0.25, -0.2) is 4.79 Å². The van der Waals surface area contributed by atoms with Gasteiger partial charge in [-0.1, -0.05) is 6.92 Å². The molecule has 3 rings (SSSR count). The first-order valence-electron chi connectivity index (χ1n) is 8.94. The Morgan fingerprint density at radius 2 is 2.12 bits per heavy atom. The lowest BCUT2D eigenvalue weighted by atomic mass is 9.99. The second-order valence-corrected chi connectivity index (χ2v) is 7.07. The van der Waals surface area contributed by atoms with Crippen LogP contribution in [0.1, 0.15) is 43.0 Å². The molecule has 0 bridgehead atoms. The minimum Gasteiger partial charge on any atom is -0.452 e. The predicted octanol–water partition coefficient (Wildman–Crippen LogP) is 2.27. The summed E-state index contributed by atoms with van der Waals surface area (Å²) in [6.07, 6.45) is 3.99. The smallest absolute Gasteiger partial charge is 0.338 e. The van der Waals surface area contributed by atoms with Gasteiger partial charge in [0.05, 0.1) is 10.5 Å². The summed E-state index contributed by atoms with van der Waals surface area (Å²) in [6, 6.07) is 4.53. The van der Waals surface area contributed by atoms with Crippen molar-refractivity contribution in [3.63, 3.8) is 0 Å². The number of anilines is 1. The van der Waals surface area contributed by atoms with E-state index in [1.807, 2.05) is 4.90 Å². The van der Waals surface area contributed by atoms with Crippen LogP contribution >= 0.6 is 0 Å². The van der Waals surface area contributed by atoms with Crippen molar-refractivity contribution < 1.29 is 19.2 Å². The average Bonchev–Trinajstić information content (AvgIpc) is 3.43. The lowest BCUT2D eigenvalue weighted by Gasteiger charge is -2.32. The van der Waals surface area contributed by atoms with Crippen molar-refractivity contribution in [1.82, 2.24) is 5.32 Å². The number of amides is 1. The average molecular weight is 361 g/mol. The van der Waals surface area contributed by atoms with Crippen molar-refractivity contribution in [2.75, 3.05) is 24.6 Å². The van der Waals surface area contributed by atoms with Gasteiger partial charge in [0.2, 0.25) is 0 Å². The van der Waals surface area contributed by atoms with Crippen LogP contribution in [0.2, 0.25) is 0 Å². The molecule has 0 spiro atoms. The minimum absolute atomic E-state index is 0.0738. The highest BCUT2D eigenvalue weighted by atomic mass is 16.6. The summed E-state index contributed by atoms with van der Waals surface area (Å²) in [5, 5.41) is 14.2. The summed E-state index contributed by atoms with van der Waals surface area (Å²) in [6.45, 7) is 3.26. The summed E-state index contributed by atoms with van der Waals surface area (Å²) < 4.78 is 4.97. The molecule has 0 radical (unpaired) electrons. The van der Waals surface area contributed by atoms with Gasteiger partial charge in [-0.15, -0.1) is 0 Å². The van der Waals surface area contributed by atoms with Crippen molar-refractivity contribution in [3.8, 4) is 0 Å². The Labute approximate surface area is 151 Å². The van der Waals surface area contributed by atoms with Crippen LogP contribution in [-0.2, 0) is 9.53 Å². The quantitative estimate of drug-likeness (QED) is 0.474. The molecule has 1 atom stereocenters. The third-order valence-corrected chi connectivity index (χ3v) is 4.68. The second kappa shape index (κ2) is 7.72. The number of piperidine rings is 1. The molecule has 1 saturated carbocycles. The molecular weight excluding hydrogens is 338 g/mol. The van der Waals surface area contributed by atoms with Gasteiger partial charge in [0.1, 0.15) is 5.69 Å². The highest BCUT2D eigenvalue weighted by Gasteiger charge is 2.26. The lowest BCUT2D eigenvalue weighted by Crippen LogP contribution is -2.34. The molecule has 1 amide bonds. The number of carbonyl (C=O) groups excluding carboxylic acids is 2. The number of rotatable bonds is 6. The van der Waals surface area contributed by atoms with E-state index >= 15 is 0 Å². The Morgan fingerprint density at radius 1 is 1.35 bits per heavy atom. The molecule has 2 aliphatic rings. The number of ether oxygens (including phenoxy) is 1. The molecule has 1 saturated heterocycles. The molecule has 0 aromatic heterocycles. The fraction of sp³-hybridized carbons (Fsp3) is 0.556. The zero-order valence-corrected chi connectivity index (χ0v) is 14.8. The Bertz CT molecular complexity index is 717. The van der Waals surface area contributed by atoms with Crippen molar-refractivity contribution in [1.29, 1.82) is 0 Å². The molecule has 2 fully saturated rings. The van der Waals surface area contributed by atoms with E-state index in [9.17, 15) is 19.7 Å². The Kier molecular flexibility index (Phi) is 5.39. The SMILES string of the molecule is CC1CCCN(c2ccc(C(=O)OCC(=O)NC3CC3)cc2[N+](=O)[O-])C1. The van der Waals surface area contributed by atoms with Gasteiger partial charge in [-0.2, -0.15) is 0 Å². The molecule has 1 unspecified atom stereocenters. The third-order valence-electron chi connectivity index (χ3n) is 4.68. The number of nitrogens with one attached hydrogen (secondary N) is 1. The first kappa shape index (κ1) is 18.2. The van der Waals surface area contributed by atoms with Crippen molar-refractivity contribution in [2.45, 2.75) is 38.6 Å². The van der Waals surface area contributed by atoms with Crippen molar-refractivity contribution in [3.05, 3.63) is 33.9 Å². The highest BCUT2D eigenvalue weighted by Crippen LogP contribution is 2.32. The predicted molar refractivity (Wildman–Crippen MR) is 95.2 cm³/mol. The Balaban J connectivity index is 1.69. The molecule has 1 aromatic carbocycles. The van der Waals surface area contributed by atoms with Crippen LogP contribution in [0.15, 0.2) is 18.2 Å². The fourth-order valence-corrected chi connectivity index (χ4v) is 3.18. The molecule has 1 aliphatic carbocycles. The van der Waals surface area contributed by atoms with E-state index in [0.29, 0.717) is 11.6 Å². The normalized spacial score (nSPS) is 19.7. The van der Waals surface area contributed by atoms with E-state index in [0.717, 1.165) is 38.8 Å². The van der Waals surface area contributed by atoms with Gasteiger partial charge in [0.15, 0.2) is 6.61 Å². The van der Waals surface area contributed by atoms with E-state index in [4.69, 9.17) is 4.74 Å². The zero-order valence-electron chi connectivity index (χ0n) is 14.8. The largest absolute Gasteiger partial charge is 0.452 e. The number of esters is 1. The van der Waals surface area contributed by atoms with E-state index in [1.165, 1.54) is 12.1 Å². The number of nitrogens with zero attached hydrogens (tertiary/aromatic N) is 2. The first-order chi connectivity index (χ1) is 12.4. The van der Waals surface area contributed by atoms with Gasteiger partial charge in [0, 0.05) is 25.2 Å².